The number of phenolic OH excluding ortho intramolecular Hbond substituents is 2. The third-order valence-electron chi connectivity index (χ3n) is 2.83. The third-order valence-corrected chi connectivity index (χ3v) is 2.83. The van der Waals surface area contributed by atoms with Gasteiger partial charge in [-0.15, -0.1) is 0 Å². The molecule has 0 spiro atoms. The molecule has 5 heteroatoms. The Hall–Kier alpha value is -1.98. The van der Waals surface area contributed by atoms with Crippen molar-refractivity contribution in [2.45, 2.75) is 18.6 Å². The van der Waals surface area contributed by atoms with Crippen LogP contribution < -0.4 is 0 Å². The summed E-state index contributed by atoms with van der Waals surface area (Å²) in [5.74, 6) is -0.590. The molecule has 0 amide bonds. The largest absolute Gasteiger partial charge is 0.508 e. The number of aliphatic hydroxyl groups is 3. The highest BCUT2D eigenvalue weighted by atomic mass is 16.3. The first-order chi connectivity index (χ1) is 8.49. The van der Waals surface area contributed by atoms with Gasteiger partial charge in [0.2, 0.25) is 0 Å². The second-order valence-corrected chi connectivity index (χ2v) is 4.16. The van der Waals surface area contributed by atoms with Gasteiger partial charge < -0.3 is 25.5 Å². The highest BCUT2D eigenvalue weighted by Crippen LogP contribution is 2.35. The second-order valence-electron chi connectivity index (χ2n) is 4.16. The van der Waals surface area contributed by atoms with Crippen molar-refractivity contribution in [3.05, 3.63) is 47.2 Å². The van der Waals surface area contributed by atoms with E-state index in [1.807, 2.05) is 0 Å². The van der Waals surface area contributed by atoms with Gasteiger partial charge in [-0.05, 0) is 24.6 Å². The van der Waals surface area contributed by atoms with Gasteiger partial charge in [0.25, 0.3) is 0 Å². The number of phenols is 2. The Morgan fingerprint density at radius 3 is 2.50 bits per heavy atom. The smallest absolute Gasteiger partial charge is 0.125 e. The van der Waals surface area contributed by atoms with E-state index >= 15 is 0 Å². The van der Waals surface area contributed by atoms with Crippen LogP contribution >= 0.6 is 0 Å². The van der Waals surface area contributed by atoms with Gasteiger partial charge in [-0.25, -0.2) is 0 Å². The molecule has 0 radical (unpaired) electrons. The third kappa shape index (κ3) is 2.32. The second kappa shape index (κ2) is 4.72. The minimum Gasteiger partial charge on any atom is -0.508 e. The van der Waals surface area contributed by atoms with Crippen molar-refractivity contribution in [1.82, 2.24) is 0 Å². The van der Waals surface area contributed by atoms with Crippen LogP contribution in [0.2, 0.25) is 0 Å². The average Bonchev–Trinajstić information content (AvgIpc) is 2.28. The first-order valence-electron chi connectivity index (χ1n) is 5.48. The first-order valence-corrected chi connectivity index (χ1v) is 5.48. The number of rotatable bonds is 2. The van der Waals surface area contributed by atoms with Gasteiger partial charge in [-0.3, -0.25) is 0 Å². The molecule has 1 aliphatic rings. The van der Waals surface area contributed by atoms with Crippen molar-refractivity contribution >= 4 is 0 Å². The Labute approximate surface area is 104 Å². The molecule has 18 heavy (non-hydrogen) atoms. The number of aromatic hydroxyl groups is 2. The molecule has 96 valence electrons. The monoisotopic (exact) mass is 250 g/mol. The summed E-state index contributed by atoms with van der Waals surface area (Å²) in [5.41, 5.74) is 0.400. The van der Waals surface area contributed by atoms with E-state index in [1.54, 1.807) is 0 Å². The van der Waals surface area contributed by atoms with Crippen LogP contribution in [0.5, 0.6) is 11.5 Å². The number of aliphatic hydroxyl groups excluding tert-OH is 3. The Morgan fingerprint density at radius 1 is 1.17 bits per heavy atom. The first kappa shape index (κ1) is 12.5. The molecule has 0 saturated carbocycles. The molecule has 2 rings (SSSR count). The summed E-state index contributed by atoms with van der Waals surface area (Å²) < 4.78 is 0. The molecule has 5 nitrogen and oxygen atoms in total. The summed E-state index contributed by atoms with van der Waals surface area (Å²) in [6.45, 7) is 0. The number of benzene rings is 1. The summed E-state index contributed by atoms with van der Waals surface area (Å²) in [7, 11) is 0. The lowest BCUT2D eigenvalue weighted by molar-refractivity contribution is 0.187. The predicted molar refractivity (Wildman–Crippen MR) is 64.2 cm³/mol. The molecule has 0 fully saturated rings. The molecule has 2 unspecified atom stereocenters. The van der Waals surface area contributed by atoms with Crippen molar-refractivity contribution in [2.24, 2.45) is 0 Å². The van der Waals surface area contributed by atoms with E-state index in [0.29, 0.717) is 0 Å². The number of hydrogen-bond acceptors (Lipinski definition) is 5. The average molecular weight is 250 g/mol. The molecule has 0 saturated heterocycles. The maximum atomic E-state index is 10.1. The molecule has 0 aliphatic heterocycles. The van der Waals surface area contributed by atoms with Crippen LogP contribution in [0, 0.1) is 0 Å². The standard InChI is InChI=1S/C13H14O5/c14-7-1-3-9(11(16)5-7)13(18)10-4-2-8(15)6-12(10)17/h1,3-6,8,13-18H,2H2. The Balaban J connectivity index is 2.32. The molecule has 1 aromatic carbocycles. The minimum absolute atomic E-state index is 0.115. The van der Waals surface area contributed by atoms with Crippen LogP contribution in [-0.2, 0) is 0 Å². The van der Waals surface area contributed by atoms with E-state index in [1.165, 1.54) is 24.3 Å². The SMILES string of the molecule is OC1=CC(O)CC=C1C(O)c1ccc(O)cc1O. The molecule has 1 aliphatic carbocycles. The quantitative estimate of drug-likeness (QED) is 0.544. The van der Waals surface area contributed by atoms with Gasteiger partial charge in [0, 0.05) is 17.2 Å². The van der Waals surface area contributed by atoms with Gasteiger partial charge in [-0.2, -0.15) is 0 Å². The van der Waals surface area contributed by atoms with Crippen molar-refractivity contribution in [1.29, 1.82) is 0 Å². The summed E-state index contributed by atoms with van der Waals surface area (Å²) in [6, 6.07) is 3.81. The van der Waals surface area contributed by atoms with Gasteiger partial charge in [0.15, 0.2) is 0 Å². The van der Waals surface area contributed by atoms with Crippen molar-refractivity contribution < 1.29 is 25.5 Å². The summed E-state index contributed by atoms with van der Waals surface area (Å²) in [5, 5.41) is 47.8. The molecule has 2 atom stereocenters. The van der Waals surface area contributed by atoms with E-state index in [2.05, 4.69) is 0 Å². The van der Waals surface area contributed by atoms with E-state index in [9.17, 15) is 20.4 Å². The molecule has 0 aromatic heterocycles. The fraction of sp³-hybridized carbons (Fsp3) is 0.231. The zero-order valence-corrected chi connectivity index (χ0v) is 9.48. The Morgan fingerprint density at radius 2 is 1.89 bits per heavy atom. The van der Waals surface area contributed by atoms with Gasteiger partial charge in [0.1, 0.15) is 23.4 Å². The fourth-order valence-electron chi connectivity index (χ4n) is 1.88. The Kier molecular flexibility index (Phi) is 3.27. The zero-order valence-electron chi connectivity index (χ0n) is 9.48. The van der Waals surface area contributed by atoms with Crippen LogP contribution in [-0.4, -0.2) is 31.6 Å². The van der Waals surface area contributed by atoms with Gasteiger partial charge in [-0.1, -0.05) is 6.08 Å². The van der Waals surface area contributed by atoms with Gasteiger partial charge >= 0.3 is 0 Å². The lowest BCUT2D eigenvalue weighted by atomic mass is 9.93. The molecule has 5 N–H and O–H groups in total. The highest BCUT2D eigenvalue weighted by molar-refractivity contribution is 5.46. The zero-order chi connectivity index (χ0) is 13.3. The van der Waals surface area contributed by atoms with Crippen LogP contribution in [0.1, 0.15) is 18.1 Å². The number of hydrogen-bond donors (Lipinski definition) is 5. The molecule has 0 bridgehead atoms. The van der Waals surface area contributed by atoms with Crippen LogP contribution in [0.15, 0.2) is 41.7 Å². The minimum atomic E-state index is -1.21. The summed E-state index contributed by atoms with van der Waals surface area (Å²) in [6.07, 6.45) is 1.05. The van der Waals surface area contributed by atoms with E-state index in [4.69, 9.17) is 5.11 Å². The highest BCUT2D eigenvalue weighted by Gasteiger charge is 2.23. The van der Waals surface area contributed by atoms with E-state index in [0.717, 1.165) is 6.07 Å². The molecular weight excluding hydrogens is 236 g/mol. The van der Waals surface area contributed by atoms with Gasteiger partial charge in [0.05, 0.1) is 6.10 Å². The van der Waals surface area contributed by atoms with Crippen molar-refractivity contribution in [3.8, 4) is 11.5 Å². The maximum Gasteiger partial charge on any atom is 0.125 e. The van der Waals surface area contributed by atoms with Crippen LogP contribution in [0.4, 0.5) is 0 Å². The van der Waals surface area contributed by atoms with Crippen LogP contribution in [0.3, 0.4) is 0 Å². The lowest BCUT2D eigenvalue weighted by Crippen LogP contribution is -2.13. The normalized spacial score (nSPS) is 21.1. The van der Waals surface area contributed by atoms with Crippen LogP contribution in [0.25, 0.3) is 0 Å². The summed E-state index contributed by atoms with van der Waals surface area (Å²) in [4.78, 5) is 0. The van der Waals surface area contributed by atoms with E-state index in [-0.39, 0.29) is 34.8 Å². The molecule has 1 aromatic rings. The predicted octanol–water partition coefficient (Wildman–Crippen LogP) is 1.26. The molecule has 0 heterocycles. The topological polar surface area (TPSA) is 101 Å². The molecular formula is C13H14O5. The van der Waals surface area contributed by atoms with Crippen molar-refractivity contribution in [2.75, 3.05) is 0 Å². The van der Waals surface area contributed by atoms with Crippen molar-refractivity contribution in [3.63, 3.8) is 0 Å². The Bertz CT molecular complexity index is 518. The fourth-order valence-corrected chi connectivity index (χ4v) is 1.88. The van der Waals surface area contributed by atoms with E-state index < -0.39 is 12.2 Å². The maximum absolute atomic E-state index is 10.1. The lowest BCUT2D eigenvalue weighted by Gasteiger charge is -2.20. The summed E-state index contributed by atoms with van der Waals surface area (Å²) >= 11 is 0.